The molecular formula is C22H21N3O3S. The number of imidazole rings is 1. The zero-order valence-corrected chi connectivity index (χ0v) is 17.0. The molecule has 6 nitrogen and oxygen atoms in total. The van der Waals surface area contributed by atoms with Gasteiger partial charge in [0.05, 0.1) is 17.2 Å². The summed E-state index contributed by atoms with van der Waals surface area (Å²) >= 11 is 0. The Bertz CT molecular complexity index is 1240. The van der Waals surface area contributed by atoms with E-state index in [-0.39, 0.29) is 4.90 Å². The van der Waals surface area contributed by atoms with Gasteiger partial charge in [-0.2, -0.15) is 0 Å². The predicted octanol–water partition coefficient (Wildman–Crippen LogP) is 4.51. The van der Waals surface area contributed by atoms with E-state index < -0.39 is 10.0 Å². The van der Waals surface area contributed by atoms with Gasteiger partial charge in [-0.15, -0.1) is 0 Å². The third kappa shape index (κ3) is 4.09. The van der Waals surface area contributed by atoms with Gasteiger partial charge in [0.2, 0.25) is 0 Å². The first-order valence-corrected chi connectivity index (χ1v) is 10.7. The molecule has 0 aliphatic carbocycles. The fraction of sp³-hybridized carbons (Fsp3) is 0.136. The molecule has 0 saturated heterocycles. The molecule has 0 aliphatic heterocycles. The van der Waals surface area contributed by atoms with Crippen molar-refractivity contribution in [2.45, 2.75) is 18.7 Å². The van der Waals surface area contributed by atoms with Gasteiger partial charge in [0.15, 0.2) is 0 Å². The fourth-order valence-corrected chi connectivity index (χ4v) is 4.09. The SMILES string of the molecule is CCOc1ccc(S(=O)(=O)Nc2ccc(-c3cn4ccc(C)cc4n3)cc2)cc1. The van der Waals surface area contributed by atoms with Crippen molar-refractivity contribution in [2.24, 2.45) is 0 Å². The molecule has 0 saturated carbocycles. The van der Waals surface area contributed by atoms with Gasteiger partial charge in [0, 0.05) is 23.6 Å². The number of ether oxygens (including phenoxy) is 1. The van der Waals surface area contributed by atoms with Crippen molar-refractivity contribution in [3.05, 3.63) is 78.6 Å². The quantitative estimate of drug-likeness (QED) is 0.510. The van der Waals surface area contributed by atoms with Crippen LogP contribution in [0.15, 0.2) is 78.0 Å². The van der Waals surface area contributed by atoms with Gasteiger partial charge in [-0.3, -0.25) is 4.72 Å². The minimum absolute atomic E-state index is 0.181. The number of fused-ring (bicyclic) bond motifs is 1. The Labute approximate surface area is 169 Å². The van der Waals surface area contributed by atoms with Crippen LogP contribution in [0.1, 0.15) is 12.5 Å². The number of hydrogen-bond donors (Lipinski definition) is 1. The van der Waals surface area contributed by atoms with Gasteiger partial charge >= 0.3 is 0 Å². The Balaban J connectivity index is 1.53. The molecule has 7 heteroatoms. The van der Waals surface area contributed by atoms with Crippen molar-refractivity contribution >= 4 is 21.4 Å². The van der Waals surface area contributed by atoms with Crippen LogP contribution >= 0.6 is 0 Å². The van der Waals surface area contributed by atoms with Gasteiger partial charge in [0.25, 0.3) is 10.0 Å². The van der Waals surface area contributed by atoms with Crippen molar-refractivity contribution in [1.82, 2.24) is 9.38 Å². The smallest absolute Gasteiger partial charge is 0.261 e. The van der Waals surface area contributed by atoms with E-state index in [0.717, 1.165) is 22.5 Å². The van der Waals surface area contributed by atoms with Crippen molar-refractivity contribution in [3.63, 3.8) is 0 Å². The Morgan fingerprint density at radius 3 is 2.45 bits per heavy atom. The molecule has 4 aromatic rings. The first-order valence-electron chi connectivity index (χ1n) is 9.26. The number of anilines is 1. The van der Waals surface area contributed by atoms with Gasteiger partial charge in [-0.05, 0) is 67.9 Å². The molecule has 0 fully saturated rings. The van der Waals surface area contributed by atoms with Crippen molar-refractivity contribution in [3.8, 4) is 17.0 Å². The van der Waals surface area contributed by atoms with Crippen LogP contribution in [0.4, 0.5) is 5.69 Å². The summed E-state index contributed by atoms with van der Waals surface area (Å²) in [5.74, 6) is 0.637. The zero-order valence-electron chi connectivity index (χ0n) is 16.2. The third-order valence-electron chi connectivity index (χ3n) is 4.49. The number of pyridine rings is 1. The minimum atomic E-state index is -3.67. The normalized spacial score (nSPS) is 11.5. The highest BCUT2D eigenvalue weighted by Crippen LogP contribution is 2.24. The second-order valence-electron chi connectivity index (χ2n) is 6.68. The van der Waals surface area contributed by atoms with Crippen LogP contribution in [0.5, 0.6) is 5.75 Å². The molecule has 1 N–H and O–H groups in total. The first-order chi connectivity index (χ1) is 13.9. The van der Waals surface area contributed by atoms with Gasteiger partial charge in [-0.25, -0.2) is 13.4 Å². The molecule has 148 valence electrons. The molecule has 2 aromatic carbocycles. The topological polar surface area (TPSA) is 72.7 Å². The Kier molecular flexibility index (Phi) is 4.98. The minimum Gasteiger partial charge on any atom is -0.494 e. The van der Waals surface area contributed by atoms with Crippen LogP contribution in [-0.2, 0) is 10.0 Å². The monoisotopic (exact) mass is 407 g/mol. The van der Waals surface area contributed by atoms with Crippen LogP contribution in [0.2, 0.25) is 0 Å². The first kappa shape index (κ1) is 19.0. The van der Waals surface area contributed by atoms with E-state index in [1.807, 2.05) is 54.9 Å². The Hall–Kier alpha value is -3.32. The number of sulfonamides is 1. The van der Waals surface area contributed by atoms with E-state index in [2.05, 4.69) is 9.71 Å². The largest absolute Gasteiger partial charge is 0.494 e. The zero-order chi connectivity index (χ0) is 20.4. The summed E-state index contributed by atoms with van der Waals surface area (Å²) in [4.78, 5) is 4.81. The number of aryl methyl sites for hydroxylation is 1. The van der Waals surface area contributed by atoms with Crippen LogP contribution in [0, 0.1) is 6.92 Å². The van der Waals surface area contributed by atoms with E-state index in [9.17, 15) is 8.42 Å². The molecule has 2 heterocycles. The Morgan fingerprint density at radius 1 is 1.03 bits per heavy atom. The Morgan fingerprint density at radius 2 is 1.76 bits per heavy atom. The summed E-state index contributed by atoms with van der Waals surface area (Å²) in [6.45, 7) is 4.44. The van der Waals surface area contributed by atoms with Gasteiger partial charge in [-0.1, -0.05) is 12.1 Å². The second-order valence-corrected chi connectivity index (χ2v) is 8.37. The average molecular weight is 407 g/mol. The molecule has 4 rings (SSSR count). The number of hydrogen-bond acceptors (Lipinski definition) is 4. The molecule has 0 spiro atoms. The molecular weight excluding hydrogens is 386 g/mol. The van der Waals surface area contributed by atoms with E-state index in [0.29, 0.717) is 18.0 Å². The van der Waals surface area contributed by atoms with Crippen LogP contribution in [0.25, 0.3) is 16.9 Å². The van der Waals surface area contributed by atoms with Crippen LogP contribution in [-0.4, -0.2) is 24.4 Å². The van der Waals surface area contributed by atoms with Crippen molar-refractivity contribution in [1.29, 1.82) is 0 Å². The van der Waals surface area contributed by atoms with E-state index in [4.69, 9.17) is 4.74 Å². The lowest BCUT2D eigenvalue weighted by atomic mass is 10.1. The van der Waals surface area contributed by atoms with Gasteiger partial charge in [0.1, 0.15) is 11.4 Å². The summed E-state index contributed by atoms with van der Waals surface area (Å²) in [5.41, 5.74) is 4.25. The van der Waals surface area contributed by atoms with Crippen LogP contribution in [0.3, 0.4) is 0 Å². The molecule has 0 amide bonds. The summed E-state index contributed by atoms with van der Waals surface area (Å²) in [6.07, 6.45) is 3.92. The highest BCUT2D eigenvalue weighted by Gasteiger charge is 2.14. The fourth-order valence-electron chi connectivity index (χ4n) is 3.03. The molecule has 29 heavy (non-hydrogen) atoms. The summed E-state index contributed by atoms with van der Waals surface area (Å²) in [5, 5.41) is 0. The molecule has 0 atom stereocenters. The lowest BCUT2D eigenvalue weighted by Crippen LogP contribution is -2.12. The number of rotatable bonds is 6. The molecule has 0 unspecified atom stereocenters. The molecule has 0 radical (unpaired) electrons. The highest BCUT2D eigenvalue weighted by molar-refractivity contribution is 7.92. The second kappa shape index (κ2) is 7.60. The molecule has 0 aliphatic rings. The van der Waals surface area contributed by atoms with Crippen molar-refractivity contribution < 1.29 is 13.2 Å². The standard InChI is InChI=1S/C22H21N3O3S/c1-3-28-19-8-10-20(11-9-19)29(26,27)24-18-6-4-17(5-7-18)21-15-25-13-12-16(2)14-22(25)23-21/h4-15,24H,3H2,1-2H3. The van der Waals surface area contributed by atoms with Gasteiger partial charge < -0.3 is 9.14 Å². The summed E-state index contributed by atoms with van der Waals surface area (Å²) in [7, 11) is -3.67. The average Bonchev–Trinajstić information content (AvgIpc) is 3.12. The predicted molar refractivity (Wildman–Crippen MR) is 114 cm³/mol. The summed E-state index contributed by atoms with van der Waals surface area (Å²) in [6, 6.07) is 17.6. The van der Waals surface area contributed by atoms with E-state index >= 15 is 0 Å². The van der Waals surface area contributed by atoms with Crippen LogP contribution < -0.4 is 9.46 Å². The van der Waals surface area contributed by atoms with Crippen molar-refractivity contribution in [2.75, 3.05) is 11.3 Å². The number of aromatic nitrogens is 2. The number of nitrogens with zero attached hydrogens (tertiary/aromatic N) is 2. The number of nitrogens with one attached hydrogen (secondary N) is 1. The lowest BCUT2D eigenvalue weighted by molar-refractivity contribution is 0.340. The maximum absolute atomic E-state index is 12.6. The maximum Gasteiger partial charge on any atom is 0.261 e. The lowest BCUT2D eigenvalue weighted by Gasteiger charge is -2.09. The van der Waals surface area contributed by atoms with E-state index in [1.165, 1.54) is 12.1 Å². The van der Waals surface area contributed by atoms with E-state index in [1.54, 1.807) is 24.3 Å². The third-order valence-corrected chi connectivity index (χ3v) is 5.89. The summed E-state index contributed by atoms with van der Waals surface area (Å²) < 4.78 is 35.1. The highest BCUT2D eigenvalue weighted by atomic mass is 32.2. The molecule has 2 aromatic heterocycles. The molecule has 0 bridgehead atoms. The maximum atomic E-state index is 12.6. The number of benzene rings is 2.